The van der Waals surface area contributed by atoms with Crippen LogP contribution >= 0.6 is 0 Å². The third kappa shape index (κ3) is 4.43. The molecule has 1 N–H and O–H groups in total. The van der Waals surface area contributed by atoms with Gasteiger partial charge in [0.05, 0.1) is 13.0 Å². The monoisotopic (exact) mass is 297 g/mol. The number of carbonyl (C=O) groups is 2. The Bertz CT molecular complexity index is 370. The first-order chi connectivity index (χ1) is 10.0. The van der Waals surface area contributed by atoms with Gasteiger partial charge in [0, 0.05) is 32.0 Å². The summed E-state index contributed by atoms with van der Waals surface area (Å²) in [6, 6.07) is 0. The van der Waals surface area contributed by atoms with Gasteiger partial charge in [0.2, 0.25) is 5.91 Å². The Morgan fingerprint density at radius 1 is 1.29 bits per heavy atom. The summed E-state index contributed by atoms with van der Waals surface area (Å²) in [5, 5.41) is 9.14. The number of ether oxygens (including phenoxy) is 1. The fourth-order valence-electron chi connectivity index (χ4n) is 3.74. The van der Waals surface area contributed by atoms with Crippen LogP contribution in [0.2, 0.25) is 0 Å². The number of carboxylic acids is 1. The lowest BCUT2D eigenvalue weighted by atomic mass is 9.79. The van der Waals surface area contributed by atoms with Crippen LogP contribution in [0.5, 0.6) is 0 Å². The van der Waals surface area contributed by atoms with E-state index in [4.69, 9.17) is 9.84 Å². The molecule has 1 saturated carbocycles. The Kier molecular flexibility index (Phi) is 5.62. The van der Waals surface area contributed by atoms with E-state index in [1.54, 1.807) is 0 Å². The van der Waals surface area contributed by atoms with E-state index in [1.165, 1.54) is 0 Å². The molecule has 0 aromatic heterocycles. The molecule has 2 rings (SSSR count). The molecule has 5 nitrogen and oxygen atoms in total. The second kappa shape index (κ2) is 7.25. The highest BCUT2D eigenvalue weighted by atomic mass is 16.5. The van der Waals surface area contributed by atoms with Gasteiger partial charge in [-0.2, -0.15) is 0 Å². The smallest absolute Gasteiger partial charge is 0.303 e. The van der Waals surface area contributed by atoms with E-state index in [2.05, 4.69) is 0 Å². The third-order valence-electron chi connectivity index (χ3n) is 4.95. The molecule has 2 fully saturated rings. The molecule has 1 heterocycles. The van der Waals surface area contributed by atoms with Gasteiger partial charge in [0.1, 0.15) is 0 Å². The fourth-order valence-corrected chi connectivity index (χ4v) is 3.74. The maximum atomic E-state index is 12.6. The van der Waals surface area contributed by atoms with Crippen molar-refractivity contribution in [1.29, 1.82) is 0 Å². The summed E-state index contributed by atoms with van der Waals surface area (Å²) < 4.78 is 5.37. The van der Waals surface area contributed by atoms with E-state index in [0.29, 0.717) is 18.9 Å². The molecule has 5 heteroatoms. The minimum atomic E-state index is -0.781. The molecule has 1 unspecified atom stereocenters. The summed E-state index contributed by atoms with van der Waals surface area (Å²) in [7, 11) is 0. The summed E-state index contributed by atoms with van der Waals surface area (Å²) in [4.78, 5) is 25.6. The maximum Gasteiger partial charge on any atom is 0.303 e. The summed E-state index contributed by atoms with van der Waals surface area (Å²) in [6.45, 7) is 4.96. The minimum Gasteiger partial charge on any atom is -0.481 e. The van der Waals surface area contributed by atoms with E-state index in [1.807, 2.05) is 11.8 Å². The van der Waals surface area contributed by atoms with Crippen LogP contribution in [-0.2, 0) is 14.3 Å². The fraction of sp³-hybridized carbons (Fsp3) is 0.875. The van der Waals surface area contributed by atoms with Crippen LogP contribution in [0.3, 0.4) is 0 Å². The standard InChI is InChI=1S/C16H27NO4/c1-2-17(11-13-5-8-21-12-13)14(18)9-16(10-15(19)20)6-3-4-7-16/h13H,2-12H2,1H3,(H,19,20). The van der Waals surface area contributed by atoms with Crippen molar-refractivity contribution in [2.24, 2.45) is 11.3 Å². The topological polar surface area (TPSA) is 66.8 Å². The second-order valence-corrected chi connectivity index (χ2v) is 6.62. The number of hydrogen-bond acceptors (Lipinski definition) is 3. The zero-order valence-corrected chi connectivity index (χ0v) is 13.0. The van der Waals surface area contributed by atoms with Crippen LogP contribution in [0.1, 0.15) is 51.9 Å². The van der Waals surface area contributed by atoms with E-state index in [-0.39, 0.29) is 17.7 Å². The molecule has 1 aliphatic heterocycles. The van der Waals surface area contributed by atoms with Gasteiger partial charge in [0.15, 0.2) is 0 Å². The molecule has 0 radical (unpaired) electrons. The average molecular weight is 297 g/mol. The van der Waals surface area contributed by atoms with Crippen molar-refractivity contribution in [3.63, 3.8) is 0 Å². The Morgan fingerprint density at radius 3 is 2.52 bits per heavy atom. The normalized spacial score (nSPS) is 24.1. The Hall–Kier alpha value is -1.10. The SMILES string of the molecule is CCN(CC1CCOC1)C(=O)CC1(CC(=O)O)CCCC1. The van der Waals surface area contributed by atoms with Gasteiger partial charge in [-0.15, -0.1) is 0 Å². The van der Waals surface area contributed by atoms with Crippen molar-refractivity contribution in [3.05, 3.63) is 0 Å². The van der Waals surface area contributed by atoms with Crippen molar-refractivity contribution in [2.75, 3.05) is 26.3 Å². The molecule has 120 valence electrons. The van der Waals surface area contributed by atoms with Crippen molar-refractivity contribution >= 4 is 11.9 Å². The molecule has 1 amide bonds. The molecule has 0 bridgehead atoms. The first-order valence-electron chi connectivity index (χ1n) is 8.12. The number of carbonyl (C=O) groups excluding carboxylic acids is 1. The summed E-state index contributed by atoms with van der Waals surface area (Å²) in [6.07, 6.45) is 5.37. The molecule has 2 aliphatic rings. The van der Waals surface area contributed by atoms with Gasteiger partial charge in [-0.25, -0.2) is 0 Å². The first-order valence-corrected chi connectivity index (χ1v) is 8.12. The van der Waals surface area contributed by atoms with Gasteiger partial charge in [0.25, 0.3) is 0 Å². The highest BCUT2D eigenvalue weighted by Gasteiger charge is 2.39. The zero-order chi connectivity index (χ0) is 15.3. The van der Waals surface area contributed by atoms with Gasteiger partial charge < -0.3 is 14.7 Å². The van der Waals surface area contributed by atoms with Crippen LogP contribution in [0.4, 0.5) is 0 Å². The number of amides is 1. The van der Waals surface area contributed by atoms with E-state index in [9.17, 15) is 9.59 Å². The molecule has 21 heavy (non-hydrogen) atoms. The van der Waals surface area contributed by atoms with E-state index < -0.39 is 5.97 Å². The summed E-state index contributed by atoms with van der Waals surface area (Å²) in [5.41, 5.74) is -0.303. The van der Waals surface area contributed by atoms with Crippen molar-refractivity contribution in [1.82, 2.24) is 4.90 Å². The number of aliphatic carboxylic acids is 1. The zero-order valence-electron chi connectivity index (χ0n) is 13.0. The predicted molar refractivity (Wildman–Crippen MR) is 79.0 cm³/mol. The number of rotatable bonds is 7. The molecular weight excluding hydrogens is 270 g/mol. The van der Waals surface area contributed by atoms with E-state index in [0.717, 1.165) is 51.9 Å². The highest BCUT2D eigenvalue weighted by molar-refractivity contribution is 5.78. The number of hydrogen-bond donors (Lipinski definition) is 1. The molecular formula is C16H27NO4. The number of carboxylic acid groups (broad SMARTS) is 1. The third-order valence-corrected chi connectivity index (χ3v) is 4.95. The lowest BCUT2D eigenvalue weighted by Gasteiger charge is -2.31. The quantitative estimate of drug-likeness (QED) is 0.783. The molecule has 0 aromatic rings. The van der Waals surface area contributed by atoms with Gasteiger partial charge in [-0.1, -0.05) is 12.8 Å². The lowest BCUT2D eigenvalue weighted by Crippen LogP contribution is -2.39. The molecule has 0 aromatic carbocycles. The maximum absolute atomic E-state index is 12.6. The van der Waals surface area contributed by atoms with Gasteiger partial charge in [-0.05, 0) is 31.6 Å². The Balaban J connectivity index is 1.94. The molecule has 1 atom stereocenters. The predicted octanol–water partition coefficient (Wildman–Crippen LogP) is 2.30. The van der Waals surface area contributed by atoms with Crippen LogP contribution in [-0.4, -0.2) is 48.2 Å². The molecule has 0 spiro atoms. The molecule has 1 aliphatic carbocycles. The van der Waals surface area contributed by atoms with E-state index >= 15 is 0 Å². The van der Waals surface area contributed by atoms with Crippen molar-refractivity contribution in [3.8, 4) is 0 Å². The van der Waals surface area contributed by atoms with Crippen LogP contribution in [0, 0.1) is 11.3 Å². The number of nitrogens with zero attached hydrogens (tertiary/aromatic N) is 1. The highest BCUT2D eigenvalue weighted by Crippen LogP contribution is 2.44. The lowest BCUT2D eigenvalue weighted by molar-refractivity contribution is -0.141. The van der Waals surface area contributed by atoms with Crippen molar-refractivity contribution < 1.29 is 19.4 Å². The Morgan fingerprint density at radius 2 is 2.00 bits per heavy atom. The minimum absolute atomic E-state index is 0.118. The largest absolute Gasteiger partial charge is 0.481 e. The van der Waals surface area contributed by atoms with Gasteiger partial charge >= 0.3 is 5.97 Å². The Labute approximate surface area is 126 Å². The van der Waals surface area contributed by atoms with Crippen LogP contribution in [0.15, 0.2) is 0 Å². The second-order valence-electron chi connectivity index (χ2n) is 6.62. The average Bonchev–Trinajstić information content (AvgIpc) is 3.07. The van der Waals surface area contributed by atoms with Gasteiger partial charge in [-0.3, -0.25) is 9.59 Å². The summed E-state index contributed by atoms with van der Waals surface area (Å²) in [5.74, 6) is -0.225. The van der Waals surface area contributed by atoms with Crippen molar-refractivity contribution in [2.45, 2.75) is 51.9 Å². The molecule has 1 saturated heterocycles. The van der Waals surface area contributed by atoms with Crippen LogP contribution < -0.4 is 0 Å². The first kappa shape index (κ1) is 16.3. The van der Waals surface area contributed by atoms with Crippen LogP contribution in [0.25, 0.3) is 0 Å². The summed E-state index contributed by atoms with van der Waals surface area (Å²) >= 11 is 0.